The maximum absolute atomic E-state index is 12.8. The van der Waals surface area contributed by atoms with E-state index in [1.165, 1.54) is 18.3 Å². The Morgan fingerprint density at radius 3 is 2.56 bits per heavy atom. The molecule has 2 amide bonds. The highest BCUT2D eigenvalue weighted by Crippen LogP contribution is 2.39. The summed E-state index contributed by atoms with van der Waals surface area (Å²) in [7, 11) is 3.36. The summed E-state index contributed by atoms with van der Waals surface area (Å²) in [4.78, 5) is 32.7. The van der Waals surface area contributed by atoms with Crippen LogP contribution in [0.4, 0.5) is 10.8 Å². The Bertz CT molecular complexity index is 1120. The van der Waals surface area contributed by atoms with Crippen molar-refractivity contribution in [2.45, 2.75) is 13.5 Å². The summed E-state index contributed by atoms with van der Waals surface area (Å²) in [6.07, 6.45) is 0. The molecular formula is C23H26N4O4S. The first-order valence-corrected chi connectivity index (χ1v) is 11.2. The SMILES string of the molecule is COc1ccc(N2CCOCC2)c2sc(NC(=O)c3ccc(CN(C)C(C)=O)cc3)nc12. The number of hydrogen-bond donors (Lipinski definition) is 1. The van der Waals surface area contributed by atoms with Crippen molar-refractivity contribution in [2.75, 3.05) is 50.7 Å². The van der Waals surface area contributed by atoms with Gasteiger partial charge in [0, 0.05) is 39.2 Å². The van der Waals surface area contributed by atoms with E-state index >= 15 is 0 Å². The number of aromatic nitrogens is 1. The second kappa shape index (κ2) is 9.54. The van der Waals surface area contributed by atoms with Gasteiger partial charge in [0.2, 0.25) is 5.91 Å². The van der Waals surface area contributed by atoms with Gasteiger partial charge in [0.15, 0.2) is 5.13 Å². The van der Waals surface area contributed by atoms with Gasteiger partial charge in [-0.3, -0.25) is 14.9 Å². The van der Waals surface area contributed by atoms with E-state index in [4.69, 9.17) is 9.47 Å². The van der Waals surface area contributed by atoms with Crippen molar-refractivity contribution in [3.8, 4) is 5.75 Å². The highest BCUT2D eigenvalue weighted by atomic mass is 32.1. The molecule has 0 spiro atoms. The average molecular weight is 455 g/mol. The third-order valence-corrected chi connectivity index (χ3v) is 6.44. The van der Waals surface area contributed by atoms with Gasteiger partial charge in [0.1, 0.15) is 11.3 Å². The standard InChI is InChI=1S/C23H26N4O4S/c1-15(28)26(2)14-16-4-6-17(7-5-16)22(29)25-23-24-20-19(30-3)9-8-18(21(20)32-23)27-10-12-31-13-11-27/h4-9H,10-14H2,1-3H3,(H,24,25,29). The van der Waals surface area contributed by atoms with E-state index < -0.39 is 0 Å². The number of methoxy groups -OCH3 is 1. The number of nitrogens with one attached hydrogen (secondary N) is 1. The summed E-state index contributed by atoms with van der Waals surface area (Å²) < 4.78 is 11.9. The van der Waals surface area contributed by atoms with Crippen molar-refractivity contribution in [3.63, 3.8) is 0 Å². The van der Waals surface area contributed by atoms with E-state index in [0.717, 1.165) is 34.6 Å². The molecule has 0 aliphatic carbocycles. The van der Waals surface area contributed by atoms with Gasteiger partial charge < -0.3 is 19.3 Å². The molecule has 168 valence electrons. The van der Waals surface area contributed by atoms with Gasteiger partial charge in [-0.05, 0) is 29.8 Å². The van der Waals surface area contributed by atoms with Crippen LogP contribution in [-0.2, 0) is 16.1 Å². The van der Waals surface area contributed by atoms with E-state index in [2.05, 4.69) is 15.2 Å². The summed E-state index contributed by atoms with van der Waals surface area (Å²) in [6, 6.07) is 11.2. The number of anilines is 2. The lowest BCUT2D eigenvalue weighted by molar-refractivity contribution is -0.128. The lowest BCUT2D eigenvalue weighted by Crippen LogP contribution is -2.36. The number of morpholine rings is 1. The van der Waals surface area contributed by atoms with Gasteiger partial charge in [0.25, 0.3) is 5.91 Å². The lowest BCUT2D eigenvalue weighted by Gasteiger charge is -2.29. The molecule has 1 fully saturated rings. The molecule has 1 aliphatic rings. The molecule has 1 saturated heterocycles. The molecule has 32 heavy (non-hydrogen) atoms. The van der Waals surface area contributed by atoms with Gasteiger partial charge in [-0.1, -0.05) is 23.5 Å². The Kier molecular flexibility index (Phi) is 6.57. The number of hydrogen-bond acceptors (Lipinski definition) is 7. The molecule has 1 aromatic heterocycles. The van der Waals surface area contributed by atoms with Crippen molar-refractivity contribution in [1.82, 2.24) is 9.88 Å². The predicted molar refractivity (Wildman–Crippen MR) is 126 cm³/mol. The van der Waals surface area contributed by atoms with Crippen molar-refractivity contribution in [2.24, 2.45) is 0 Å². The van der Waals surface area contributed by atoms with Crippen LogP contribution in [0, 0.1) is 0 Å². The number of thiazole rings is 1. The van der Waals surface area contributed by atoms with Crippen LogP contribution >= 0.6 is 11.3 Å². The zero-order valence-corrected chi connectivity index (χ0v) is 19.2. The third kappa shape index (κ3) is 4.68. The summed E-state index contributed by atoms with van der Waals surface area (Å²) >= 11 is 1.44. The van der Waals surface area contributed by atoms with Gasteiger partial charge in [-0.15, -0.1) is 0 Å². The maximum atomic E-state index is 12.8. The Hall–Kier alpha value is -3.17. The number of rotatable bonds is 6. The molecule has 3 aromatic rings. The van der Waals surface area contributed by atoms with E-state index in [0.29, 0.717) is 36.2 Å². The monoisotopic (exact) mass is 454 g/mol. The second-order valence-corrected chi connectivity index (χ2v) is 8.61. The van der Waals surface area contributed by atoms with Crippen molar-refractivity contribution < 1.29 is 19.1 Å². The Morgan fingerprint density at radius 1 is 1.19 bits per heavy atom. The van der Waals surface area contributed by atoms with Crippen molar-refractivity contribution in [3.05, 3.63) is 47.5 Å². The van der Waals surface area contributed by atoms with E-state index in [-0.39, 0.29) is 11.8 Å². The topological polar surface area (TPSA) is 84.0 Å². The summed E-state index contributed by atoms with van der Waals surface area (Å²) in [5.41, 5.74) is 3.29. The molecule has 2 heterocycles. The van der Waals surface area contributed by atoms with E-state index in [1.807, 2.05) is 24.3 Å². The molecule has 4 rings (SSSR count). The normalized spacial score (nSPS) is 13.8. The van der Waals surface area contributed by atoms with Crippen LogP contribution in [0.15, 0.2) is 36.4 Å². The molecule has 1 aliphatic heterocycles. The van der Waals surface area contributed by atoms with Crippen LogP contribution in [-0.4, -0.2) is 62.2 Å². The smallest absolute Gasteiger partial charge is 0.257 e. The zero-order valence-electron chi connectivity index (χ0n) is 18.4. The molecule has 0 bridgehead atoms. The molecule has 0 saturated carbocycles. The molecule has 0 atom stereocenters. The number of fused-ring (bicyclic) bond motifs is 1. The molecular weight excluding hydrogens is 428 g/mol. The fraction of sp³-hybridized carbons (Fsp3) is 0.348. The summed E-state index contributed by atoms with van der Waals surface area (Å²) in [5, 5.41) is 3.43. The molecule has 1 N–H and O–H groups in total. The van der Waals surface area contributed by atoms with Crippen molar-refractivity contribution >= 4 is 44.2 Å². The number of nitrogens with zero attached hydrogens (tertiary/aromatic N) is 3. The first kappa shape index (κ1) is 22.0. The van der Waals surface area contributed by atoms with Crippen LogP contribution in [0.2, 0.25) is 0 Å². The first-order chi connectivity index (χ1) is 15.5. The predicted octanol–water partition coefficient (Wildman–Crippen LogP) is 3.37. The van der Waals surface area contributed by atoms with Gasteiger partial charge in [0.05, 0.1) is 30.7 Å². The molecule has 8 nitrogen and oxygen atoms in total. The number of ether oxygens (including phenoxy) is 2. The van der Waals surface area contributed by atoms with E-state index in [1.54, 1.807) is 31.2 Å². The van der Waals surface area contributed by atoms with Crippen molar-refractivity contribution in [1.29, 1.82) is 0 Å². The lowest BCUT2D eigenvalue weighted by atomic mass is 10.1. The fourth-order valence-corrected chi connectivity index (χ4v) is 4.58. The highest BCUT2D eigenvalue weighted by molar-refractivity contribution is 7.23. The minimum atomic E-state index is -0.234. The second-order valence-electron chi connectivity index (χ2n) is 7.61. The van der Waals surface area contributed by atoms with Crippen LogP contribution in [0.25, 0.3) is 10.2 Å². The number of amides is 2. The Balaban J connectivity index is 1.54. The average Bonchev–Trinajstić information content (AvgIpc) is 3.22. The third-order valence-electron chi connectivity index (χ3n) is 5.45. The van der Waals surface area contributed by atoms with Gasteiger partial charge in [-0.2, -0.15) is 0 Å². The van der Waals surface area contributed by atoms with Crippen LogP contribution < -0.4 is 15.0 Å². The number of carbonyl (C=O) groups excluding carboxylic acids is 2. The maximum Gasteiger partial charge on any atom is 0.257 e. The Morgan fingerprint density at radius 2 is 1.91 bits per heavy atom. The largest absolute Gasteiger partial charge is 0.494 e. The zero-order chi connectivity index (χ0) is 22.7. The summed E-state index contributed by atoms with van der Waals surface area (Å²) in [5.74, 6) is 0.435. The molecule has 0 unspecified atom stereocenters. The van der Waals surface area contributed by atoms with Crippen LogP contribution in [0.1, 0.15) is 22.8 Å². The molecule has 9 heteroatoms. The van der Waals surface area contributed by atoms with Gasteiger partial charge in [-0.25, -0.2) is 4.98 Å². The number of benzene rings is 2. The van der Waals surface area contributed by atoms with Gasteiger partial charge >= 0.3 is 0 Å². The van der Waals surface area contributed by atoms with E-state index in [9.17, 15) is 9.59 Å². The first-order valence-electron chi connectivity index (χ1n) is 10.4. The minimum absolute atomic E-state index is 0.00506. The molecule has 0 radical (unpaired) electrons. The number of carbonyl (C=O) groups is 2. The fourth-order valence-electron chi connectivity index (χ4n) is 3.56. The molecule has 2 aromatic carbocycles. The summed E-state index contributed by atoms with van der Waals surface area (Å²) in [6.45, 7) is 5.03. The Labute approximate surface area is 190 Å². The minimum Gasteiger partial charge on any atom is -0.494 e. The quantitative estimate of drug-likeness (QED) is 0.615. The highest BCUT2D eigenvalue weighted by Gasteiger charge is 2.20. The van der Waals surface area contributed by atoms with Crippen LogP contribution in [0.3, 0.4) is 0 Å². The van der Waals surface area contributed by atoms with Crippen LogP contribution in [0.5, 0.6) is 5.75 Å².